The monoisotopic (exact) mass is 252 g/mol. The Balaban J connectivity index is 2.51. The Kier molecular flexibility index (Phi) is 5.91. The minimum atomic E-state index is 0.0800. The predicted octanol–water partition coefficient (Wildman–Crippen LogP) is 2.80. The molecule has 0 aliphatic rings. The van der Waals surface area contributed by atoms with Crippen molar-refractivity contribution in [3.63, 3.8) is 0 Å². The average molecular weight is 252 g/mol. The zero-order valence-electron chi connectivity index (χ0n) is 10.5. The molecule has 0 saturated heterocycles. The van der Waals surface area contributed by atoms with E-state index in [4.69, 9.17) is 15.9 Å². The second kappa shape index (κ2) is 7.22. The molecule has 0 aliphatic heterocycles. The lowest BCUT2D eigenvalue weighted by Gasteiger charge is -2.10. The van der Waals surface area contributed by atoms with Gasteiger partial charge in [0.05, 0.1) is 6.61 Å². The molecule has 0 spiro atoms. The highest BCUT2D eigenvalue weighted by Crippen LogP contribution is 2.19. The molecule has 1 aromatic rings. The molecule has 0 aromatic heterocycles. The highest BCUT2D eigenvalue weighted by atomic mass is 32.2. The molecule has 0 aliphatic carbocycles. The van der Waals surface area contributed by atoms with Gasteiger partial charge in [-0.05, 0) is 36.5 Å². The third-order valence-corrected chi connectivity index (χ3v) is 3.38. The van der Waals surface area contributed by atoms with E-state index in [2.05, 4.69) is 6.92 Å². The van der Waals surface area contributed by atoms with E-state index >= 15 is 0 Å². The first kappa shape index (κ1) is 13.9. The largest absolute Gasteiger partial charge is 0.493 e. The first-order chi connectivity index (χ1) is 8.15. The minimum Gasteiger partial charge on any atom is -0.493 e. The molecule has 0 atom stereocenters. The normalized spacial score (nSPS) is 10.2. The van der Waals surface area contributed by atoms with Crippen LogP contribution in [0.1, 0.15) is 24.5 Å². The van der Waals surface area contributed by atoms with Crippen LogP contribution in [-0.4, -0.2) is 23.9 Å². The Hall–Kier alpha value is -1.16. The number of aryl methyl sites for hydroxylation is 1. The summed E-state index contributed by atoms with van der Waals surface area (Å²) in [4.78, 5) is 0. The number of ether oxygens (including phenoxy) is 1. The molecule has 0 fully saturated rings. The molecule has 0 bridgehead atoms. The fraction of sp³-hybridized carbons (Fsp3) is 0.462. The molecule has 3 nitrogen and oxygen atoms in total. The molecule has 0 amide bonds. The van der Waals surface area contributed by atoms with Crippen molar-refractivity contribution < 1.29 is 4.74 Å². The molecule has 3 N–H and O–H groups in total. The first-order valence-corrected chi connectivity index (χ1v) is 6.96. The molecule has 0 heterocycles. The Morgan fingerprint density at radius 2 is 2.24 bits per heavy atom. The molecule has 0 unspecified atom stereocenters. The van der Waals surface area contributed by atoms with Gasteiger partial charge < -0.3 is 10.5 Å². The predicted molar refractivity (Wildman–Crippen MR) is 75.3 cm³/mol. The van der Waals surface area contributed by atoms with Crippen molar-refractivity contribution in [1.82, 2.24) is 0 Å². The van der Waals surface area contributed by atoms with Crippen molar-refractivity contribution in [1.29, 1.82) is 5.41 Å². The minimum absolute atomic E-state index is 0.0800. The van der Waals surface area contributed by atoms with Crippen molar-refractivity contribution >= 4 is 17.6 Å². The SMILES string of the molecule is CCSCCCOc1cc(C(=N)N)ccc1C. The van der Waals surface area contributed by atoms with Crippen molar-refractivity contribution in [3.8, 4) is 5.75 Å². The second-order valence-electron chi connectivity index (χ2n) is 3.79. The van der Waals surface area contributed by atoms with E-state index in [1.807, 2.05) is 36.9 Å². The van der Waals surface area contributed by atoms with Crippen molar-refractivity contribution in [2.45, 2.75) is 20.3 Å². The molecule has 94 valence electrons. The van der Waals surface area contributed by atoms with E-state index in [1.165, 1.54) is 0 Å². The van der Waals surface area contributed by atoms with Crippen LogP contribution < -0.4 is 10.5 Å². The summed E-state index contributed by atoms with van der Waals surface area (Å²) < 4.78 is 5.71. The van der Waals surface area contributed by atoms with Gasteiger partial charge in [0.15, 0.2) is 0 Å². The first-order valence-electron chi connectivity index (χ1n) is 5.80. The van der Waals surface area contributed by atoms with Gasteiger partial charge in [-0.1, -0.05) is 19.1 Å². The fourth-order valence-electron chi connectivity index (χ4n) is 1.41. The quantitative estimate of drug-likeness (QED) is 0.445. The molecular formula is C13H20N2OS. The lowest BCUT2D eigenvalue weighted by molar-refractivity contribution is 0.316. The van der Waals surface area contributed by atoms with Crippen LogP contribution >= 0.6 is 11.8 Å². The second-order valence-corrected chi connectivity index (χ2v) is 5.19. The van der Waals surface area contributed by atoms with Crippen LogP contribution in [0.3, 0.4) is 0 Å². The number of hydrogen-bond donors (Lipinski definition) is 2. The lowest BCUT2D eigenvalue weighted by atomic mass is 10.1. The van der Waals surface area contributed by atoms with Gasteiger partial charge in [0.2, 0.25) is 0 Å². The highest BCUT2D eigenvalue weighted by Gasteiger charge is 2.03. The molecule has 0 radical (unpaired) electrons. The van der Waals surface area contributed by atoms with Crippen molar-refractivity contribution in [3.05, 3.63) is 29.3 Å². The maximum Gasteiger partial charge on any atom is 0.122 e. The van der Waals surface area contributed by atoms with Gasteiger partial charge in [-0.25, -0.2) is 0 Å². The molecule has 4 heteroatoms. The maximum absolute atomic E-state index is 7.39. The van der Waals surface area contributed by atoms with E-state index in [0.717, 1.165) is 35.8 Å². The Bertz CT molecular complexity index is 380. The number of nitrogens with two attached hydrogens (primary N) is 1. The summed E-state index contributed by atoms with van der Waals surface area (Å²) in [6.07, 6.45) is 1.04. The van der Waals surface area contributed by atoms with Crippen LogP contribution in [0, 0.1) is 12.3 Å². The van der Waals surface area contributed by atoms with Gasteiger partial charge >= 0.3 is 0 Å². The van der Waals surface area contributed by atoms with Crippen LogP contribution in [0.25, 0.3) is 0 Å². The number of benzene rings is 1. The zero-order chi connectivity index (χ0) is 12.7. The van der Waals surface area contributed by atoms with Crippen LogP contribution in [0.15, 0.2) is 18.2 Å². The van der Waals surface area contributed by atoms with Crippen LogP contribution in [-0.2, 0) is 0 Å². The summed E-state index contributed by atoms with van der Waals surface area (Å²) in [6, 6.07) is 5.62. The summed E-state index contributed by atoms with van der Waals surface area (Å²) in [6.45, 7) is 4.88. The Morgan fingerprint density at radius 1 is 1.47 bits per heavy atom. The zero-order valence-corrected chi connectivity index (χ0v) is 11.3. The van der Waals surface area contributed by atoms with E-state index in [0.29, 0.717) is 5.56 Å². The Labute approximate surface area is 107 Å². The number of hydrogen-bond acceptors (Lipinski definition) is 3. The van der Waals surface area contributed by atoms with Crippen molar-refractivity contribution in [2.75, 3.05) is 18.1 Å². The summed E-state index contributed by atoms with van der Waals surface area (Å²) in [5, 5.41) is 7.39. The molecule has 1 aromatic carbocycles. The number of nitrogens with one attached hydrogen (secondary N) is 1. The van der Waals surface area contributed by atoms with E-state index in [1.54, 1.807) is 0 Å². The highest BCUT2D eigenvalue weighted by molar-refractivity contribution is 7.99. The smallest absolute Gasteiger partial charge is 0.122 e. The van der Waals surface area contributed by atoms with E-state index in [-0.39, 0.29) is 5.84 Å². The van der Waals surface area contributed by atoms with E-state index in [9.17, 15) is 0 Å². The van der Waals surface area contributed by atoms with Crippen LogP contribution in [0.4, 0.5) is 0 Å². The van der Waals surface area contributed by atoms with E-state index < -0.39 is 0 Å². The number of rotatable bonds is 7. The molecular weight excluding hydrogens is 232 g/mol. The fourth-order valence-corrected chi connectivity index (χ4v) is 2.02. The number of nitrogen functional groups attached to an aromatic ring is 1. The van der Waals surface area contributed by atoms with Gasteiger partial charge in [-0.3, -0.25) is 5.41 Å². The molecule has 17 heavy (non-hydrogen) atoms. The molecule has 0 saturated carbocycles. The summed E-state index contributed by atoms with van der Waals surface area (Å²) in [5.41, 5.74) is 7.25. The van der Waals surface area contributed by atoms with Gasteiger partial charge in [0.25, 0.3) is 0 Å². The number of amidine groups is 1. The third-order valence-electron chi connectivity index (χ3n) is 2.39. The van der Waals surface area contributed by atoms with Gasteiger partial charge in [-0.2, -0.15) is 11.8 Å². The summed E-state index contributed by atoms with van der Waals surface area (Å²) in [5.74, 6) is 3.19. The van der Waals surface area contributed by atoms with Crippen LogP contribution in [0.5, 0.6) is 5.75 Å². The summed E-state index contributed by atoms with van der Waals surface area (Å²) in [7, 11) is 0. The van der Waals surface area contributed by atoms with Crippen LogP contribution in [0.2, 0.25) is 0 Å². The van der Waals surface area contributed by atoms with Gasteiger partial charge in [0, 0.05) is 5.56 Å². The standard InChI is InChI=1S/C13H20N2OS/c1-3-17-8-4-7-16-12-9-11(13(14)15)6-5-10(12)2/h5-6,9H,3-4,7-8H2,1-2H3,(H3,14,15). The third kappa shape index (κ3) is 4.69. The maximum atomic E-state index is 7.39. The van der Waals surface area contributed by atoms with Gasteiger partial charge in [-0.15, -0.1) is 0 Å². The van der Waals surface area contributed by atoms with Crippen molar-refractivity contribution in [2.24, 2.45) is 5.73 Å². The average Bonchev–Trinajstić information content (AvgIpc) is 2.30. The molecule has 1 rings (SSSR count). The number of thioether (sulfide) groups is 1. The lowest BCUT2D eigenvalue weighted by Crippen LogP contribution is -2.11. The Morgan fingerprint density at radius 3 is 2.88 bits per heavy atom. The summed E-state index contributed by atoms with van der Waals surface area (Å²) >= 11 is 1.92. The van der Waals surface area contributed by atoms with Gasteiger partial charge in [0.1, 0.15) is 11.6 Å². The topological polar surface area (TPSA) is 59.1 Å².